The van der Waals surface area contributed by atoms with Gasteiger partial charge in [-0.1, -0.05) is 26.7 Å². The van der Waals surface area contributed by atoms with Crippen molar-refractivity contribution in [3.05, 3.63) is 17.0 Å². The summed E-state index contributed by atoms with van der Waals surface area (Å²) in [5.74, 6) is 0.233. The van der Waals surface area contributed by atoms with Crippen molar-refractivity contribution in [2.24, 2.45) is 5.41 Å². The first-order valence-corrected chi connectivity index (χ1v) is 12.0. The fourth-order valence-corrected chi connectivity index (χ4v) is 6.53. The minimum Gasteiger partial charge on any atom is -0.294 e. The van der Waals surface area contributed by atoms with Crippen LogP contribution < -0.4 is 0 Å². The summed E-state index contributed by atoms with van der Waals surface area (Å²) >= 11 is 0. The molecule has 0 N–H and O–H groups in total. The molecule has 2 heterocycles. The number of sulfonamides is 1. The average Bonchev–Trinajstić information content (AvgIpc) is 3.32. The van der Waals surface area contributed by atoms with E-state index < -0.39 is 10.0 Å². The highest BCUT2D eigenvalue weighted by Crippen LogP contribution is 2.44. The van der Waals surface area contributed by atoms with Crippen LogP contribution >= 0.6 is 0 Å². The Morgan fingerprint density at radius 1 is 1.11 bits per heavy atom. The van der Waals surface area contributed by atoms with Gasteiger partial charge in [0.15, 0.2) is 5.78 Å². The van der Waals surface area contributed by atoms with Crippen LogP contribution in [0.15, 0.2) is 0 Å². The lowest BCUT2D eigenvalue weighted by Gasteiger charge is -2.30. The Hall–Kier alpha value is -1.21. The number of nitrogens with zero attached hydrogens (tertiary/aromatic N) is 3. The monoisotopic (exact) mass is 393 g/mol. The smallest absolute Gasteiger partial charge is 0.214 e. The lowest BCUT2D eigenvalue weighted by Crippen LogP contribution is -2.33. The number of fused-ring (bicyclic) bond motifs is 1. The quantitative estimate of drug-likeness (QED) is 0.783. The van der Waals surface area contributed by atoms with Gasteiger partial charge in [-0.25, -0.2) is 8.42 Å². The molecule has 1 aliphatic heterocycles. The van der Waals surface area contributed by atoms with Gasteiger partial charge in [0, 0.05) is 13.0 Å². The zero-order valence-electron chi connectivity index (χ0n) is 16.7. The van der Waals surface area contributed by atoms with Crippen LogP contribution in [0, 0.1) is 5.41 Å². The SMILES string of the molecule is CCS(=O)(=O)N1CCC[C@H]1c1nn(C2CCCC2)c2c1C(=O)CC(C)(C)C2. The van der Waals surface area contributed by atoms with Crippen LogP contribution in [0.3, 0.4) is 0 Å². The third kappa shape index (κ3) is 3.27. The molecule has 2 fully saturated rings. The van der Waals surface area contributed by atoms with Crippen molar-refractivity contribution < 1.29 is 13.2 Å². The highest BCUT2D eigenvalue weighted by Gasteiger charge is 2.43. The molecule has 1 aromatic heterocycles. The molecule has 0 unspecified atom stereocenters. The van der Waals surface area contributed by atoms with E-state index in [9.17, 15) is 13.2 Å². The number of carbonyl (C=O) groups excluding carboxylic acids is 1. The predicted molar refractivity (Wildman–Crippen MR) is 104 cm³/mol. The third-order valence-corrected chi connectivity index (χ3v) is 8.39. The Kier molecular flexibility index (Phi) is 4.74. The minimum absolute atomic E-state index is 0.0669. The molecule has 3 aliphatic rings. The summed E-state index contributed by atoms with van der Waals surface area (Å²) < 4.78 is 28.9. The summed E-state index contributed by atoms with van der Waals surface area (Å²) in [5, 5.41) is 4.96. The van der Waals surface area contributed by atoms with E-state index >= 15 is 0 Å². The first kappa shape index (κ1) is 19.1. The first-order chi connectivity index (χ1) is 12.7. The van der Waals surface area contributed by atoms with Crippen LogP contribution in [-0.2, 0) is 16.4 Å². The normalized spacial score (nSPS) is 26.6. The summed E-state index contributed by atoms with van der Waals surface area (Å²) in [6, 6.07) is 0.0725. The Bertz CT molecular complexity index is 850. The van der Waals surface area contributed by atoms with Crippen LogP contribution in [0.5, 0.6) is 0 Å². The molecule has 4 rings (SSSR count). The number of hydrogen-bond donors (Lipinski definition) is 0. The van der Waals surface area contributed by atoms with Crippen LogP contribution in [0.4, 0.5) is 0 Å². The van der Waals surface area contributed by atoms with E-state index in [0.717, 1.165) is 49.1 Å². The number of hydrogen-bond acceptors (Lipinski definition) is 4. The molecule has 2 aliphatic carbocycles. The summed E-state index contributed by atoms with van der Waals surface area (Å²) in [6.45, 7) is 6.50. The molecule has 1 saturated carbocycles. The molecule has 1 saturated heterocycles. The van der Waals surface area contributed by atoms with E-state index in [1.54, 1.807) is 11.2 Å². The lowest BCUT2D eigenvalue weighted by atomic mass is 9.75. The molecule has 0 amide bonds. The zero-order valence-corrected chi connectivity index (χ0v) is 17.5. The Morgan fingerprint density at radius 3 is 2.48 bits per heavy atom. The Labute approximate surface area is 162 Å². The number of Topliss-reactive ketones (excluding diaryl/α,β-unsaturated/α-hetero) is 1. The van der Waals surface area contributed by atoms with E-state index in [4.69, 9.17) is 5.10 Å². The van der Waals surface area contributed by atoms with Gasteiger partial charge in [0.2, 0.25) is 10.0 Å². The maximum atomic E-state index is 13.1. The second-order valence-electron chi connectivity index (χ2n) is 9.20. The molecule has 1 aromatic rings. The van der Waals surface area contributed by atoms with Crippen LogP contribution in [0.1, 0.15) is 99.5 Å². The maximum Gasteiger partial charge on any atom is 0.214 e. The van der Waals surface area contributed by atoms with Crippen molar-refractivity contribution >= 4 is 15.8 Å². The topological polar surface area (TPSA) is 72.3 Å². The standard InChI is InChI=1S/C20H31N3O3S/c1-4-27(25,26)22-11-7-10-15(22)19-18-16(12-20(2,3)13-17(18)24)23(21-19)14-8-5-6-9-14/h14-15H,4-13H2,1-3H3/t15-/m0/s1. The predicted octanol–water partition coefficient (Wildman–Crippen LogP) is 3.64. The van der Waals surface area contributed by atoms with Gasteiger partial charge in [0.1, 0.15) is 0 Å². The first-order valence-electron chi connectivity index (χ1n) is 10.4. The summed E-state index contributed by atoms with van der Waals surface area (Å²) in [6.07, 6.45) is 7.53. The van der Waals surface area contributed by atoms with E-state index in [2.05, 4.69) is 18.5 Å². The highest BCUT2D eigenvalue weighted by molar-refractivity contribution is 7.89. The Balaban J connectivity index is 1.83. The molecule has 0 aromatic carbocycles. The van der Waals surface area contributed by atoms with Gasteiger partial charge in [-0.3, -0.25) is 9.48 Å². The molecule has 6 nitrogen and oxygen atoms in total. The second-order valence-corrected chi connectivity index (χ2v) is 11.4. The average molecular weight is 394 g/mol. The molecule has 150 valence electrons. The van der Waals surface area contributed by atoms with Gasteiger partial charge in [-0.2, -0.15) is 9.40 Å². The van der Waals surface area contributed by atoms with Crippen LogP contribution in [0.25, 0.3) is 0 Å². The second kappa shape index (κ2) is 6.69. The van der Waals surface area contributed by atoms with E-state index in [1.165, 1.54) is 12.8 Å². The fourth-order valence-electron chi connectivity index (χ4n) is 5.20. The van der Waals surface area contributed by atoms with Gasteiger partial charge in [-0.15, -0.1) is 0 Å². The van der Waals surface area contributed by atoms with Crippen molar-refractivity contribution in [2.75, 3.05) is 12.3 Å². The maximum absolute atomic E-state index is 13.1. The Morgan fingerprint density at radius 2 is 1.81 bits per heavy atom. The molecule has 0 spiro atoms. The van der Waals surface area contributed by atoms with Crippen LogP contribution in [-0.4, -0.2) is 40.6 Å². The number of rotatable bonds is 4. The lowest BCUT2D eigenvalue weighted by molar-refractivity contribution is 0.0907. The molecule has 0 radical (unpaired) electrons. The number of carbonyl (C=O) groups is 1. The summed E-state index contributed by atoms with van der Waals surface area (Å²) in [5.41, 5.74) is 2.46. The summed E-state index contributed by atoms with van der Waals surface area (Å²) in [7, 11) is -3.30. The molecule has 7 heteroatoms. The minimum atomic E-state index is -3.30. The molecular weight excluding hydrogens is 362 g/mol. The van der Waals surface area contributed by atoms with E-state index in [-0.39, 0.29) is 23.0 Å². The zero-order chi connectivity index (χ0) is 19.4. The summed E-state index contributed by atoms with van der Waals surface area (Å²) in [4.78, 5) is 13.1. The van der Waals surface area contributed by atoms with Crippen molar-refractivity contribution in [3.63, 3.8) is 0 Å². The van der Waals surface area contributed by atoms with Gasteiger partial charge in [0.25, 0.3) is 0 Å². The van der Waals surface area contributed by atoms with Crippen molar-refractivity contribution in [2.45, 2.75) is 84.2 Å². The van der Waals surface area contributed by atoms with Crippen LogP contribution in [0.2, 0.25) is 0 Å². The van der Waals surface area contributed by atoms with Gasteiger partial charge in [0.05, 0.1) is 34.8 Å². The highest BCUT2D eigenvalue weighted by atomic mass is 32.2. The van der Waals surface area contributed by atoms with Crippen molar-refractivity contribution in [1.82, 2.24) is 14.1 Å². The molecule has 1 atom stereocenters. The van der Waals surface area contributed by atoms with E-state index in [1.807, 2.05) is 0 Å². The fraction of sp³-hybridized carbons (Fsp3) is 0.800. The number of ketones is 1. The number of aromatic nitrogens is 2. The van der Waals surface area contributed by atoms with Crippen molar-refractivity contribution in [1.29, 1.82) is 0 Å². The van der Waals surface area contributed by atoms with Gasteiger partial charge >= 0.3 is 0 Å². The van der Waals surface area contributed by atoms with E-state index in [0.29, 0.717) is 19.0 Å². The largest absolute Gasteiger partial charge is 0.294 e. The molecular formula is C20H31N3O3S. The molecule has 27 heavy (non-hydrogen) atoms. The van der Waals surface area contributed by atoms with Gasteiger partial charge in [-0.05, 0) is 44.4 Å². The van der Waals surface area contributed by atoms with Gasteiger partial charge < -0.3 is 0 Å². The molecule has 0 bridgehead atoms. The van der Waals surface area contributed by atoms with Crippen molar-refractivity contribution in [3.8, 4) is 0 Å². The third-order valence-electron chi connectivity index (χ3n) is 6.51.